The van der Waals surface area contributed by atoms with E-state index in [1.54, 1.807) is 0 Å². The molecule has 4 unspecified atom stereocenters. The van der Waals surface area contributed by atoms with E-state index >= 15 is 0 Å². The third kappa shape index (κ3) is 1.47. The Balaban J connectivity index is 1.71. The molecule has 26 heavy (non-hydrogen) atoms. The summed E-state index contributed by atoms with van der Waals surface area (Å²) in [6, 6.07) is 17.2. The van der Waals surface area contributed by atoms with Gasteiger partial charge >= 0.3 is 0 Å². The normalized spacial score (nSPS) is 39.8. The van der Waals surface area contributed by atoms with E-state index in [1.807, 2.05) is 0 Å². The molecule has 2 fully saturated rings. The molecule has 2 aromatic carbocycles. The molecule has 0 saturated heterocycles. The first-order valence-electron chi connectivity index (χ1n) is 9.34. The predicted molar refractivity (Wildman–Crippen MR) is 109 cm³/mol. The van der Waals surface area contributed by atoms with Crippen LogP contribution < -0.4 is 0 Å². The topological polar surface area (TPSA) is 0 Å². The van der Waals surface area contributed by atoms with Gasteiger partial charge in [-0.1, -0.05) is 48.5 Å². The van der Waals surface area contributed by atoms with Gasteiger partial charge in [0.05, 0.1) is 0 Å². The van der Waals surface area contributed by atoms with Crippen LogP contribution in [0.1, 0.15) is 35.1 Å². The molecule has 134 valence electrons. The highest BCUT2D eigenvalue weighted by molar-refractivity contribution is 6.56. The lowest BCUT2D eigenvalue weighted by Crippen LogP contribution is -2.41. The molecule has 4 heteroatoms. The Bertz CT molecular complexity index is 871. The Morgan fingerprint density at radius 3 is 1.42 bits per heavy atom. The second-order valence-electron chi connectivity index (χ2n) is 8.36. The molecule has 4 aliphatic rings. The van der Waals surface area contributed by atoms with Gasteiger partial charge in [0.25, 0.3) is 0 Å². The lowest BCUT2D eigenvalue weighted by Gasteiger charge is -2.39. The van der Waals surface area contributed by atoms with Crippen molar-refractivity contribution in [1.82, 2.24) is 0 Å². The van der Waals surface area contributed by atoms with Crippen LogP contribution in [0.3, 0.4) is 0 Å². The van der Waals surface area contributed by atoms with Crippen molar-refractivity contribution in [2.45, 2.75) is 45.2 Å². The standard InChI is InChI=1S/C22H18Cl4/c23-21(24)17-11-9-13-5-1-3-7-15(13)19(17,21)20-16-8-4-2-6-14(16)10-12-18(20)22(20,25)26/h1-8,17-18H,9-12H2. The van der Waals surface area contributed by atoms with Crippen LogP contribution in [-0.4, -0.2) is 8.67 Å². The molecule has 6 rings (SSSR count). The van der Waals surface area contributed by atoms with Crippen LogP contribution >= 0.6 is 46.4 Å². The molecule has 0 bridgehead atoms. The molecule has 2 saturated carbocycles. The van der Waals surface area contributed by atoms with Crippen LogP contribution in [0.25, 0.3) is 0 Å². The Labute approximate surface area is 173 Å². The van der Waals surface area contributed by atoms with Crippen molar-refractivity contribution in [2.75, 3.05) is 0 Å². The molecular formula is C22H18Cl4. The number of hydrogen-bond acceptors (Lipinski definition) is 0. The third-order valence-corrected chi connectivity index (χ3v) is 9.96. The molecule has 0 spiro atoms. The third-order valence-electron chi connectivity index (χ3n) is 7.72. The molecule has 4 atom stereocenters. The first kappa shape index (κ1) is 16.5. The summed E-state index contributed by atoms with van der Waals surface area (Å²) < 4.78 is -1.65. The van der Waals surface area contributed by atoms with Gasteiger partial charge in [-0.25, -0.2) is 0 Å². The Kier molecular flexibility index (Phi) is 3.03. The molecule has 0 nitrogen and oxygen atoms in total. The molecule has 0 N–H and O–H groups in total. The van der Waals surface area contributed by atoms with Crippen LogP contribution in [0.5, 0.6) is 0 Å². The maximum atomic E-state index is 7.09. The lowest BCUT2D eigenvalue weighted by atomic mass is 9.65. The number of aryl methyl sites for hydroxylation is 2. The minimum Gasteiger partial charge on any atom is -0.100 e. The van der Waals surface area contributed by atoms with E-state index in [4.69, 9.17) is 46.4 Å². The first-order chi connectivity index (χ1) is 12.4. The highest BCUT2D eigenvalue weighted by Crippen LogP contribution is 2.91. The zero-order valence-electron chi connectivity index (χ0n) is 14.1. The predicted octanol–water partition coefficient (Wildman–Crippen LogP) is 6.36. The molecule has 0 heterocycles. The van der Waals surface area contributed by atoms with Gasteiger partial charge in [0.2, 0.25) is 0 Å². The Morgan fingerprint density at radius 2 is 1.00 bits per heavy atom. The number of alkyl halides is 4. The van der Waals surface area contributed by atoms with Gasteiger partial charge in [-0.3, -0.25) is 0 Å². The number of halogens is 4. The largest absolute Gasteiger partial charge is 0.133 e. The zero-order chi connectivity index (χ0) is 17.9. The fraction of sp³-hybridized carbons (Fsp3) is 0.455. The maximum absolute atomic E-state index is 7.09. The number of hydrogen-bond donors (Lipinski definition) is 0. The van der Waals surface area contributed by atoms with Gasteiger partial charge in [0.15, 0.2) is 0 Å². The molecule has 2 aromatic rings. The summed E-state index contributed by atoms with van der Waals surface area (Å²) in [5, 5.41) is 0. The van der Waals surface area contributed by atoms with Crippen LogP contribution in [-0.2, 0) is 23.7 Å². The van der Waals surface area contributed by atoms with Crippen molar-refractivity contribution in [2.24, 2.45) is 11.8 Å². The van der Waals surface area contributed by atoms with Crippen molar-refractivity contribution in [3.8, 4) is 0 Å². The summed E-state index contributed by atoms with van der Waals surface area (Å²) in [6.07, 6.45) is 4.02. The van der Waals surface area contributed by atoms with Crippen LogP contribution in [0.15, 0.2) is 48.5 Å². The molecule has 0 aromatic heterocycles. The minimum atomic E-state index is -0.826. The molecule has 4 aliphatic carbocycles. The van der Waals surface area contributed by atoms with Gasteiger partial charge in [0.1, 0.15) is 8.67 Å². The van der Waals surface area contributed by atoms with Gasteiger partial charge in [-0.15, -0.1) is 46.4 Å². The fourth-order valence-electron chi connectivity index (χ4n) is 6.82. The van der Waals surface area contributed by atoms with Crippen LogP contribution in [0, 0.1) is 11.8 Å². The lowest BCUT2D eigenvalue weighted by molar-refractivity contribution is 0.374. The summed E-state index contributed by atoms with van der Waals surface area (Å²) in [4.78, 5) is 0. The van der Waals surface area contributed by atoms with Crippen LogP contribution in [0.4, 0.5) is 0 Å². The SMILES string of the molecule is ClC1(Cl)C2CCc3ccccc3C21C12c3ccccc3CCC1C2(Cl)Cl. The van der Waals surface area contributed by atoms with Crippen molar-refractivity contribution in [1.29, 1.82) is 0 Å². The van der Waals surface area contributed by atoms with Gasteiger partial charge in [0, 0.05) is 22.7 Å². The second-order valence-corrected chi connectivity index (χ2v) is 11.1. The number of fused-ring (bicyclic) bond motifs is 7. The number of benzene rings is 2. The van der Waals surface area contributed by atoms with E-state index in [0.29, 0.717) is 0 Å². The highest BCUT2D eigenvalue weighted by Gasteiger charge is 2.97. The van der Waals surface area contributed by atoms with E-state index in [0.717, 1.165) is 25.7 Å². The average molecular weight is 424 g/mol. The van der Waals surface area contributed by atoms with Crippen molar-refractivity contribution in [3.05, 3.63) is 70.8 Å². The quantitative estimate of drug-likeness (QED) is 0.468. The second kappa shape index (κ2) is 4.77. The van der Waals surface area contributed by atoms with E-state index < -0.39 is 19.5 Å². The summed E-state index contributed by atoms with van der Waals surface area (Å²) in [5.74, 6) is 0.391. The van der Waals surface area contributed by atoms with Crippen molar-refractivity contribution in [3.63, 3.8) is 0 Å². The summed E-state index contributed by atoms with van der Waals surface area (Å²) in [7, 11) is 0. The van der Waals surface area contributed by atoms with Crippen molar-refractivity contribution >= 4 is 46.4 Å². The van der Waals surface area contributed by atoms with Crippen LogP contribution in [0.2, 0.25) is 0 Å². The molecule has 0 aliphatic heterocycles. The van der Waals surface area contributed by atoms with Gasteiger partial charge in [-0.2, -0.15) is 0 Å². The molecule has 0 amide bonds. The van der Waals surface area contributed by atoms with Gasteiger partial charge < -0.3 is 0 Å². The highest BCUT2D eigenvalue weighted by atomic mass is 35.5. The first-order valence-corrected chi connectivity index (χ1v) is 10.9. The van der Waals surface area contributed by atoms with Crippen molar-refractivity contribution < 1.29 is 0 Å². The Hall–Kier alpha value is -0.400. The smallest absolute Gasteiger partial charge is 0.100 e. The van der Waals surface area contributed by atoms with E-state index in [2.05, 4.69) is 48.5 Å². The van der Waals surface area contributed by atoms with E-state index in [1.165, 1.54) is 22.3 Å². The monoisotopic (exact) mass is 422 g/mol. The number of rotatable bonds is 1. The fourth-order valence-corrected chi connectivity index (χ4v) is 9.23. The zero-order valence-corrected chi connectivity index (χ0v) is 17.1. The van der Waals surface area contributed by atoms with E-state index in [9.17, 15) is 0 Å². The van der Waals surface area contributed by atoms with Gasteiger partial charge in [-0.05, 0) is 47.9 Å². The summed E-state index contributed by atoms with van der Waals surface area (Å²) >= 11 is 28.4. The average Bonchev–Trinajstić information content (AvgIpc) is 3.39. The summed E-state index contributed by atoms with van der Waals surface area (Å²) in [5.41, 5.74) is 4.43. The maximum Gasteiger partial charge on any atom is 0.133 e. The molecular weight excluding hydrogens is 406 g/mol. The minimum absolute atomic E-state index is 0.196. The molecule has 0 radical (unpaired) electrons. The van der Waals surface area contributed by atoms with E-state index in [-0.39, 0.29) is 11.8 Å². The summed E-state index contributed by atoms with van der Waals surface area (Å²) in [6.45, 7) is 0. The Morgan fingerprint density at radius 1 is 0.615 bits per heavy atom.